The predicted molar refractivity (Wildman–Crippen MR) is 220 cm³/mol. The Morgan fingerprint density at radius 3 is 2.10 bits per heavy atom. The number of rotatable bonds is 24. The molecule has 338 valence electrons. The molecule has 2 rings (SSSR count). The van der Waals surface area contributed by atoms with E-state index in [2.05, 4.69) is 26.6 Å². The fraction of sp³-hybridized carbons (Fsp3) is 0.439. The van der Waals surface area contributed by atoms with Gasteiger partial charge in [-0.3, -0.25) is 28.8 Å². The molecule has 5 atom stereocenters. The maximum atomic E-state index is 14.0. The number of carboxylic acids is 2. The van der Waals surface area contributed by atoms with Gasteiger partial charge in [0.25, 0.3) is 0 Å². The second kappa shape index (κ2) is 25.3. The summed E-state index contributed by atoms with van der Waals surface area (Å²) in [4.78, 5) is 111. The quantitative estimate of drug-likeness (QED) is 0.0428. The van der Waals surface area contributed by atoms with Gasteiger partial charge in [-0.05, 0) is 77.2 Å². The summed E-state index contributed by atoms with van der Waals surface area (Å²) in [7, 11) is 0. The van der Waals surface area contributed by atoms with Crippen LogP contribution < -0.4 is 32.3 Å². The van der Waals surface area contributed by atoms with Crippen LogP contribution in [0.25, 0.3) is 6.08 Å². The van der Waals surface area contributed by atoms with Crippen molar-refractivity contribution in [1.82, 2.24) is 26.6 Å². The van der Waals surface area contributed by atoms with Crippen LogP contribution in [0.15, 0.2) is 54.6 Å². The minimum Gasteiger partial charge on any atom is -0.480 e. The van der Waals surface area contributed by atoms with Crippen molar-refractivity contribution in [2.24, 2.45) is 5.73 Å². The molecule has 62 heavy (non-hydrogen) atoms. The highest BCUT2D eigenvalue weighted by Crippen LogP contribution is 2.22. The molecular formula is C41H52ClFN6O13. The van der Waals surface area contributed by atoms with Gasteiger partial charge in [0.1, 0.15) is 35.6 Å². The van der Waals surface area contributed by atoms with Gasteiger partial charge in [0.05, 0.1) is 6.42 Å². The Balaban J connectivity index is 1.79. The number of alkyl carbamates (subject to hydrolysis) is 1. The zero-order chi connectivity index (χ0) is 46.6. The number of nitrogens with two attached hydrogens (primary N) is 1. The summed E-state index contributed by atoms with van der Waals surface area (Å²) in [6.45, 7) is 6.22. The fourth-order valence-corrected chi connectivity index (χ4v) is 5.57. The number of benzene rings is 2. The smallest absolute Gasteiger partial charge is 0.408 e. The Labute approximate surface area is 361 Å². The minimum atomic E-state index is -1.87. The Kier molecular flexibility index (Phi) is 21.0. The number of primary amides is 1. The minimum absolute atomic E-state index is 0.0495. The lowest BCUT2D eigenvalue weighted by Gasteiger charge is -2.27. The summed E-state index contributed by atoms with van der Waals surface area (Å²) in [5.41, 5.74) is 4.87. The van der Waals surface area contributed by atoms with Crippen molar-refractivity contribution in [3.8, 4) is 0 Å². The lowest BCUT2D eigenvalue weighted by molar-refractivity contribution is -0.166. The van der Waals surface area contributed by atoms with Crippen LogP contribution in [0.3, 0.4) is 0 Å². The first-order chi connectivity index (χ1) is 29.1. The van der Waals surface area contributed by atoms with Gasteiger partial charge < -0.3 is 52.0 Å². The Morgan fingerprint density at radius 2 is 1.50 bits per heavy atom. The zero-order valence-corrected chi connectivity index (χ0v) is 35.3. The van der Waals surface area contributed by atoms with Crippen molar-refractivity contribution in [3.05, 3.63) is 76.6 Å². The van der Waals surface area contributed by atoms with Crippen LogP contribution >= 0.6 is 11.6 Å². The molecule has 0 fully saturated rings. The monoisotopic (exact) mass is 890 g/mol. The molecule has 9 N–H and O–H groups in total. The van der Waals surface area contributed by atoms with Gasteiger partial charge in [-0.15, -0.1) is 0 Å². The maximum absolute atomic E-state index is 14.0. The van der Waals surface area contributed by atoms with Crippen LogP contribution in [0.1, 0.15) is 89.8 Å². The molecule has 0 aliphatic rings. The van der Waals surface area contributed by atoms with Crippen molar-refractivity contribution in [2.75, 3.05) is 6.54 Å². The predicted octanol–water partition coefficient (Wildman–Crippen LogP) is 2.65. The van der Waals surface area contributed by atoms with Gasteiger partial charge in [-0.2, -0.15) is 0 Å². The van der Waals surface area contributed by atoms with E-state index >= 15 is 0 Å². The van der Waals surface area contributed by atoms with Crippen LogP contribution in [-0.4, -0.2) is 100 Å². The van der Waals surface area contributed by atoms with Gasteiger partial charge in [0.15, 0.2) is 0 Å². The molecule has 0 saturated carbocycles. The summed E-state index contributed by atoms with van der Waals surface area (Å²) < 4.78 is 24.4. The van der Waals surface area contributed by atoms with Gasteiger partial charge in [0.2, 0.25) is 35.6 Å². The van der Waals surface area contributed by atoms with E-state index < -0.39 is 108 Å². The third-order valence-corrected chi connectivity index (χ3v) is 8.75. The summed E-state index contributed by atoms with van der Waals surface area (Å²) in [6.07, 6.45) is -1.80. The maximum Gasteiger partial charge on any atom is 0.408 e. The highest BCUT2D eigenvalue weighted by atomic mass is 35.5. The third kappa shape index (κ3) is 19.7. The van der Waals surface area contributed by atoms with Gasteiger partial charge >= 0.3 is 24.0 Å². The molecule has 21 heteroatoms. The molecule has 0 bridgehead atoms. The summed E-state index contributed by atoms with van der Waals surface area (Å²) in [5, 5.41) is 31.7. The van der Waals surface area contributed by atoms with Crippen LogP contribution in [0.4, 0.5) is 9.18 Å². The number of hydrogen-bond acceptors (Lipinski definition) is 11. The average Bonchev–Trinajstić information content (AvgIpc) is 3.18. The van der Waals surface area contributed by atoms with Crippen molar-refractivity contribution < 1.29 is 67.2 Å². The number of unbranched alkanes of at least 4 members (excludes halogenated alkanes) is 1. The summed E-state index contributed by atoms with van der Waals surface area (Å²) in [5.74, 6) is -8.53. The summed E-state index contributed by atoms with van der Waals surface area (Å²) in [6, 6.07) is 6.56. The molecule has 2 aromatic carbocycles. The molecule has 6 amide bonds. The number of carbonyl (C=O) groups is 9. The number of halogens is 2. The van der Waals surface area contributed by atoms with E-state index in [0.29, 0.717) is 5.56 Å². The van der Waals surface area contributed by atoms with Crippen LogP contribution in [0, 0.1) is 5.82 Å². The third-order valence-electron chi connectivity index (χ3n) is 8.52. The van der Waals surface area contributed by atoms with E-state index in [-0.39, 0.29) is 49.2 Å². The number of amides is 6. The van der Waals surface area contributed by atoms with Gasteiger partial charge in [0, 0.05) is 36.0 Å². The molecule has 2 aromatic rings. The molecule has 0 heterocycles. The zero-order valence-electron chi connectivity index (χ0n) is 34.5. The Hall–Kier alpha value is -6.57. The van der Waals surface area contributed by atoms with E-state index in [9.17, 15) is 57.8 Å². The SMILES string of the molecule is C[C@H](NC(=O)/C=C/c1ccc(Cl)cc1F)C(=O)N[C@H](CCC(=O)N[C@@H](CCCCNC(=O)CCC(=O)O[C@@H](C(=O)O)[C@@H](NC(=O)OC(C)(C)C)c1ccccc1)C(=O)O)C(N)=O. The van der Waals surface area contributed by atoms with Crippen molar-refractivity contribution in [2.45, 2.75) is 109 Å². The second-order valence-electron chi connectivity index (χ2n) is 14.8. The Bertz CT molecular complexity index is 1960. The number of carbonyl (C=O) groups excluding carboxylic acids is 7. The molecule has 0 aromatic heterocycles. The van der Waals surface area contributed by atoms with Crippen molar-refractivity contribution >= 4 is 71.2 Å². The van der Waals surface area contributed by atoms with E-state index in [0.717, 1.165) is 12.1 Å². The number of carboxylic acid groups (broad SMARTS) is 2. The van der Waals surface area contributed by atoms with Crippen molar-refractivity contribution in [3.63, 3.8) is 0 Å². The highest BCUT2D eigenvalue weighted by Gasteiger charge is 2.36. The van der Waals surface area contributed by atoms with E-state index in [1.165, 1.54) is 37.3 Å². The number of nitrogens with one attached hydrogen (secondary N) is 5. The standard InChI is InChI=1S/C41H52ClFN6O13/c1-23(46-31(51)17-14-24-13-15-26(42)22-27(24)43)37(55)48-28(36(44)54)16-18-32(52)47-29(38(56)57)12-8-9-21-45-30(50)19-20-33(53)61-35(39(58)59)34(25-10-6-5-7-11-25)49-40(60)62-41(2,3)4/h5-7,10-11,13-15,17,22-23,28-29,34-35H,8-9,12,16,18-21H2,1-4H3,(H2,44,54)(H,45,50)(H,46,51)(H,47,52)(H,48,55)(H,49,60)(H,56,57)(H,58,59)/b17-14+/t23-,28+,29-,34-,35+/m0/s1. The summed E-state index contributed by atoms with van der Waals surface area (Å²) >= 11 is 5.71. The molecule has 0 saturated heterocycles. The van der Waals surface area contributed by atoms with Gasteiger partial charge in [-0.1, -0.05) is 48.0 Å². The Morgan fingerprint density at radius 1 is 0.823 bits per heavy atom. The number of ether oxygens (including phenoxy) is 2. The highest BCUT2D eigenvalue weighted by molar-refractivity contribution is 6.30. The van der Waals surface area contributed by atoms with E-state index in [4.69, 9.17) is 26.8 Å². The topological polar surface area (TPSA) is 299 Å². The van der Waals surface area contributed by atoms with Crippen LogP contribution in [-0.2, 0) is 47.8 Å². The number of aliphatic carboxylic acids is 2. The molecule has 0 unspecified atom stereocenters. The molecule has 0 aliphatic heterocycles. The van der Waals surface area contributed by atoms with Crippen molar-refractivity contribution in [1.29, 1.82) is 0 Å². The van der Waals surface area contributed by atoms with Gasteiger partial charge in [-0.25, -0.2) is 18.8 Å². The van der Waals surface area contributed by atoms with E-state index in [1.54, 1.807) is 39.0 Å². The van der Waals surface area contributed by atoms with E-state index in [1.807, 2.05) is 0 Å². The fourth-order valence-electron chi connectivity index (χ4n) is 5.41. The first kappa shape index (κ1) is 51.6. The largest absolute Gasteiger partial charge is 0.480 e. The number of hydrogen-bond donors (Lipinski definition) is 8. The lowest BCUT2D eigenvalue weighted by atomic mass is 10.0. The number of esters is 1. The molecular weight excluding hydrogens is 839 g/mol. The molecule has 0 aliphatic carbocycles. The average molecular weight is 891 g/mol. The normalized spacial score (nSPS) is 13.6. The lowest BCUT2D eigenvalue weighted by Crippen LogP contribution is -2.52. The van der Waals surface area contributed by atoms with Crippen LogP contribution in [0.5, 0.6) is 0 Å². The first-order valence-electron chi connectivity index (χ1n) is 19.3. The molecule has 0 radical (unpaired) electrons. The van der Waals surface area contributed by atoms with Crippen LogP contribution in [0.2, 0.25) is 5.02 Å². The molecule has 0 spiro atoms. The first-order valence-corrected chi connectivity index (χ1v) is 19.7. The molecule has 19 nitrogen and oxygen atoms in total. The second-order valence-corrected chi connectivity index (χ2v) is 15.3.